The molecule has 8 heteroatoms. The first-order valence-electron chi connectivity index (χ1n) is 8.00. The molecule has 0 radical (unpaired) electrons. The van der Waals surface area contributed by atoms with E-state index in [9.17, 15) is 9.18 Å². The normalized spacial score (nSPS) is 10.7. The van der Waals surface area contributed by atoms with Crippen molar-refractivity contribution in [1.82, 2.24) is 9.55 Å². The highest BCUT2D eigenvalue weighted by Crippen LogP contribution is 2.24. The molecule has 0 bridgehead atoms. The topological polar surface area (TPSA) is 56.1 Å². The zero-order chi connectivity index (χ0) is 19.6. The van der Waals surface area contributed by atoms with Gasteiger partial charge >= 0.3 is 5.56 Å². The molecule has 3 rings (SSSR count). The molecule has 1 heterocycles. The van der Waals surface area contributed by atoms with Crippen LogP contribution in [0.15, 0.2) is 47.4 Å². The van der Waals surface area contributed by atoms with Gasteiger partial charge in [-0.25, -0.2) is 4.39 Å². The molecular formula is C19H16Cl2FN3O2. The van der Waals surface area contributed by atoms with Gasteiger partial charge in [0.1, 0.15) is 5.82 Å². The Labute approximate surface area is 165 Å². The van der Waals surface area contributed by atoms with Crippen LogP contribution in [0.5, 0.6) is 5.75 Å². The Kier molecular flexibility index (Phi) is 5.68. The molecule has 0 aliphatic carbocycles. The second-order valence-electron chi connectivity index (χ2n) is 5.90. The Bertz CT molecular complexity index is 1050. The van der Waals surface area contributed by atoms with Gasteiger partial charge < -0.3 is 14.6 Å². The third-order valence-corrected chi connectivity index (χ3v) is 4.49. The largest absolute Gasteiger partial charge is 0.490 e. The van der Waals surface area contributed by atoms with Crippen LogP contribution in [0, 0.1) is 12.7 Å². The molecule has 0 spiro atoms. The van der Waals surface area contributed by atoms with Gasteiger partial charge in [-0.1, -0.05) is 35.3 Å². The van der Waals surface area contributed by atoms with Crippen LogP contribution in [-0.4, -0.2) is 16.7 Å². The van der Waals surface area contributed by atoms with Crippen LogP contribution in [0.4, 0.5) is 16.0 Å². The van der Waals surface area contributed by atoms with Gasteiger partial charge in [-0.3, -0.25) is 4.79 Å². The van der Waals surface area contributed by atoms with Gasteiger partial charge in [0.05, 0.1) is 24.9 Å². The van der Waals surface area contributed by atoms with Crippen molar-refractivity contribution in [2.75, 3.05) is 12.4 Å². The third-order valence-electron chi connectivity index (χ3n) is 3.97. The first-order chi connectivity index (χ1) is 12.9. The van der Waals surface area contributed by atoms with Crippen molar-refractivity contribution in [2.24, 2.45) is 0 Å². The predicted octanol–water partition coefficient (Wildman–Crippen LogP) is 4.80. The summed E-state index contributed by atoms with van der Waals surface area (Å²) in [6, 6.07) is 9.80. The number of hydrogen-bond acceptors (Lipinski definition) is 4. The van der Waals surface area contributed by atoms with Crippen molar-refractivity contribution in [3.05, 3.63) is 79.9 Å². The zero-order valence-corrected chi connectivity index (χ0v) is 16.1. The number of rotatable bonds is 5. The van der Waals surface area contributed by atoms with Gasteiger partial charge in [-0.2, -0.15) is 4.98 Å². The molecule has 0 amide bonds. The molecule has 0 atom stereocenters. The summed E-state index contributed by atoms with van der Waals surface area (Å²) >= 11 is 11.9. The fraction of sp³-hybridized carbons (Fsp3) is 0.158. The van der Waals surface area contributed by atoms with E-state index >= 15 is 0 Å². The number of anilines is 2. The van der Waals surface area contributed by atoms with Crippen LogP contribution in [-0.2, 0) is 6.54 Å². The minimum Gasteiger partial charge on any atom is -0.490 e. The lowest BCUT2D eigenvalue weighted by molar-refractivity contribution is 0.402. The molecule has 0 saturated heterocycles. The average molecular weight is 408 g/mol. The molecule has 140 valence electrons. The molecule has 2 aromatic carbocycles. The van der Waals surface area contributed by atoms with E-state index < -0.39 is 11.4 Å². The van der Waals surface area contributed by atoms with Gasteiger partial charge in [0.25, 0.3) is 0 Å². The predicted molar refractivity (Wildman–Crippen MR) is 105 cm³/mol. The van der Waals surface area contributed by atoms with E-state index in [0.29, 0.717) is 23.2 Å². The van der Waals surface area contributed by atoms with Gasteiger partial charge in [0.2, 0.25) is 11.7 Å². The highest BCUT2D eigenvalue weighted by Gasteiger charge is 2.12. The van der Waals surface area contributed by atoms with E-state index in [1.165, 1.54) is 25.4 Å². The lowest BCUT2D eigenvalue weighted by Crippen LogP contribution is -2.19. The van der Waals surface area contributed by atoms with E-state index in [4.69, 9.17) is 27.9 Å². The van der Waals surface area contributed by atoms with E-state index in [0.717, 1.165) is 11.1 Å². The maximum absolute atomic E-state index is 13.4. The molecule has 0 saturated carbocycles. The second kappa shape index (κ2) is 7.98. The number of benzene rings is 2. The maximum atomic E-state index is 13.4. The Morgan fingerprint density at radius 1 is 1.22 bits per heavy atom. The molecule has 27 heavy (non-hydrogen) atoms. The van der Waals surface area contributed by atoms with Crippen LogP contribution in [0.3, 0.4) is 0 Å². The Hall–Kier alpha value is -2.57. The molecular weight excluding hydrogens is 392 g/mol. The Morgan fingerprint density at radius 2 is 2.00 bits per heavy atom. The minimum absolute atomic E-state index is 0.0219. The number of nitrogens with one attached hydrogen (secondary N) is 1. The summed E-state index contributed by atoms with van der Waals surface area (Å²) < 4.78 is 20.2. The lowest BCUT2D eigenvalue weighted by atomic mass is 10.2. The quantitative estimate of drug-likeness (QED) is 0.659. The van der Waals surface area contributed by atoms with Crippen LogP contribution < -0.4 is 15.6 Å². The standard InChI is InChI=1S/C19H16Cl2FN3O2/c1-11-3-5-13(20)8-16(11)23-19-24-18(26)17(27-2)10-25(19)9-12-4-6-15(22)14(21)7-12/h3-8,10H,9H2,1-2H3,(H,23,24,26). The van der Waals surface area contributed by atoms with E-state index in [1.54, 1.807) is 22.8 Å². The molecule has 0 aliphatic rings. The van der Waals surface area contributed by atoms with E-state index in [-0.39, 0.29) is 10.8 Å². The van der Waals surface area contributed by atoms with Crippen molar-refractivity contribution in [3.8, 4) is 5.75 Å². The van der Waals surface area contributed by atoms with Crippen molar-refractivity contribution in [2.45, 2.75) is 13.5 Å². The Morgan fingerprint density at radius 3 is 2.70 bits per heavy atom. The van der Waals surface area contributed by atoms with Crippen molar-refractivity contribution >= 4 is 34.8 Å². The highest BCUT2D eigenvalue weighted by atomic mass is 35.5. The zero-order valence-electron chi connectivity index (χ0n) is 14.6. The average Bonchev–Trinajstić information content (AvgIpc) is 2.63. The van der Waals surface area contributed by atoms with Crippen LogP contribution >= 0.6 is 23.2 Å². The number of hydrogen-bond donors (Lipinski definition) is 1. The Balaban J connectivity index is 2.04. The number of halogens is 3. The molecule has 0 fully saturated rings. The molecule has 3 aromatic rings. The van der Waals surface area contributed by atoms with E-state index in [2.05, 4.69) is 10.3 Å². The monoisotopic (exact) mass is 407 g/mol. The van der Waals surface area contributed by atoms with Gasteiger partial charge in [-0.05, 0) is 42.3 Å². The smallest absolute Gasteiger partial charge is 0.316 e. The number of ether oxygens (including phenoxy) is 1. The summed E-state index contributed by atoms with van der Waals surface area (Å²) in [5, 5.41) is 3.70. The van der Waals surface area contributed by atoms with Crippen molar-refractivity contribution < 1.29 is 9.13 Å². The lowest BCUT2D eigenvalue weighted by Gasteiger charge is -2.16. The number of nitrogens with zero attached hydrogens (tertiary/aromatic N) is 2. The minimum atomic E-state index is -0.506. The van der Waals surface area contributed by atoms with Gasteiger partial charge in [0, 0.05) is 10.7 Å². The maximum Gasteiger partial charge on any atom is 0.316 e. The summed E-state index contributed by atoms with van der Waals surface area (Å²) in [5.41, 5.74) is 1.87. The molecule has 1 N–H and O–H groups in total. The molecule has 5 nitrogen and oxygen atoms in total. The summed E-state index contributed by atoms with van der Waals surface area (Å²) in [6.07, 6.45) is 1.54. The number of aromatic nitrogens is 2. The number of aryl methyl sites for hydroxylation is 1. The van der Waals surface area contributed by atoms with Crippen molar-refractivity contribution in [1.29, 1.82) is 0 Å². The summed E-state index contributed by atoms with van der Waals surface area (Å²) in [7, 11) is 1.39. The fourth-order valence-electron chi connectivity index (χ4n) is 2.52. The first-order valence-corrected chi connectivity index (χ1v) is 8.75. The van der Waals surface area contributed by atoms with Crippen LogP contribution in [0.25, 0.3) is 0 Å². The second-order valence-corrected chi connectivity index (χ2v) is 6.74. The fourth-order valence-corrected chi connectivity index (χ4v) is 2.89. The highest BCUT2D eigenvalue weighted by molar-refractivity contribution is 6.31. The summed E-state index contributed by atoms with van der Waals surface area (Å²) in [4.78, 5) is 16.2. The number of methoxy groups -OCH3 is 1. The van der Waals surface area contributed by atoms with Gasteiger partial charge in [-0.15, -0.1) is 0 Å². The van der Waals surface area contributed by atoms with Crippen molar-refractivity contribution in [3.63, 3.8) is 0 Å². The molecule has 0 aliphatic heterocycles. The van der Waals surface area contributed by atoms with Gasteiger partial charge in [0.15, 0.2) is 0 Å². The van der Waals surface area contributed by atoms with Crippen LogP contribution in [0.2, 0.25) is 10.0 Å². The summed E-state index contributed by atoms with van der Waals surface area (Å²) in [6.45, 7) is 2.20. The summed E-state index contributed by atoms with van der Waals surface area (Å²) in [5.74, 6) is -0.105. The third kappa shape index (κ3) is 4.40. The molecule has 0 unspecified atom stereocenters. The molecule has 1 aromatic heterocycles. The first kappa shape index (κ1) is 19.2. The SMILES string of the molecule is COc1cn(Cc2ccc(F)c(Cl)c2)c(Nc2cc(Cl)ccc2C)nc1=O. The van der Waals surface area contributed by atoms with Crippen LogP contribution in [0.1, 0.15) is 11.1 Å². The van der Waals surface area contributed by atoms with E-state index in [1.807, 2.05) is 13.0 Å².